The van der Waals surface area contributed by atoms with Gasteiger partial charge in [0.1, 0.15) is 0 Å². The van der Waals surface area contributed by atoms with Gasteiger partial charge in [0, 0.05) is 5.56 Å². The molecule has 0 radical (unpaired) electrons. The standard InChI is InChI=1S/C14H18BF2NO4/c1-12(2)13(3,4)22-15(21-12)11(18)8-6-5-7-9-10(8)20-14(16,17)19-9/h5-7,11H,18H2,1-4H3/t11-/m1/s1. The largest absolute Gasteiger partial charge is 0.586 e. The number of ether oxygens (including phenoxy) is 2. The molecule has 22 heavy (non-hydrogen) atoms. The summed E-state index contributed by atoms with van der Waals surface area (Å²) in [7, 11) is -0.769. The molecule has 1 saturated heterocycles. The van der Waals surface area contributed by atoms with Crippen molar-refractivity contribution in [1.82, 2.24) is 0 Å². The van der Waals surface area contributed by atoms with Crippen molar-refractivity contribution in [2.75, 3.05) is 0 Å². The van der Waals surface area contributed by atoms with Gasteiger partial charge in [0.25, 0.3) is 0 Å². The second-order valence-corrected chi connectivity index (χ2v) is 6.49. The van der Waals surface area contributed by atoms with Crippen LogP contribution < -0.4 is 15.2 Å². The lowest BCUT2D eigenvalue weighted by atomic mass is 9.74. The number of rotatable bonds is 2. The van der Waals surface area contributed by atoms with Crippen LogP contribution in [0.3, 0.4) is 0 Å². The molecule has 0 unspecified atom stereocenters. The number of hydrogen-bond donors (Lipinski definition) is 1. The van der Waals surface area contributed by atoms with Crippen molar-refractivity contribution in [3.63, 3.8) is 0 Å². The number of nitrogens with two attached hydrogens (primary N) is 1. The van der Waals surface area contributed by atoms with E-state index in [2.05, 4.69) is 9.47 Å². The lowest BCUT2D eigenvalue weighted by Crippen LogP contribution is -2.41. The summed E-state index contributed by atoms with van der Waals surface area (Å²) in [5.74, 6) is -0.905. The predicted octanol–water partition coefficient (Wildman–Crippen LogP) is 2.64. The maximum atomic E-state index is 13.3. The molecule has 2 aliphatic heterocycles. The van der Waals surface area contributed by atoms with Gasteiger partial charge in [-0.25, -0.2) is 0 Å². The molecule has 0 spiro atoms. The van der Waals surface area contributed by atoms with E-state index in [0.717, 1.165) is 0 Å². The summed E-state index contributed by atoms with van der Waals surface area (Å²) in [4.78, 5) is 0. The SMILES string of the molecule is CC1(C)OB([C@H](N)c2cccc3c2OC(F)(F)O3)OC1(C)C. The van der Waals surface area contributed by atoms with Crippen molar-refractivity contribution in [2.45, 2.75) is 51.1 Å². The molecule has 0 aliphatic carbocycles. The van der Waals surface area contributed by atoms with Gasteiger partial charge in [-0.15, -0.1) is 8.78 Å². The van der Waals surface area contributed by atoms with Gasteiger partial charge in [-0.2, -0.15) is 0 Å². The van der Waals surface area contributed by atoms with Crippen LogP contribution in [0.4, 0.5) is 8.78 Å². The Kier molecular flexibility index (Phi) is 3.22. The average molecular weight is 313 g/mol. The fourth-order valence-electron chi connectivity index (χ4n) is 2.43. The normalized spacial score (nSPS) is 25.3. The van der Waals surface area contributed by atoms with Crippen LogP contribution in [0.1, 0.15) is 39.2 Å². The van der Waals surface area contributed by atoms with Crippen LogP contribution in [-0.2, 0) is 9.31 Å². The fourth-order valence-corrected chi connectivity index (χ4v) is 2.43. The van der Waals surface area contributed by atoms with Crippen molar-refractivity contribution in [3.05, 3.63) is 23.8 Å². The first-order chi connectivity index (χ1) is 10.0. The highest BCUT2D eigenvalue weighted by Gasteiger charge is 2.54. The molecule has 1 aromatic rings. The van der Waals surface area contributed by atoms with Gasteiger partial charge in [0.2, 0.25) is 0 Å². The molecule has 2 heterocycles. The molecule has 2 N–H and O–H groups in total. The zero-order valence-electron chi connectivity index (χ0n) is 12.9. The summed E-state index contributed by atoms with van der Waals surface area (Å²) >= 11 is 0. The van der Waals surface area contributed by atoms with Crippen LogP contribution in [0.5, 0.6) is 11.5 Å². The number of hydrogen-bond acceptors (Lipinski definition) is 5. The Morgan fingerprint density at radius 3 is 2.23 bits per heavy atom. The van der Waals surface area contributed by atoms with Crippen LogP contribution in [0.2, 0.25) is 0 Å². The van der Waals surface area contributed by atoms with Crippen LogP contribution in [-0.4, -0.2) is 24.6 Å². The Bertz CT molecular complexity index is 593. The Morgan fingerprint density at radius 1 is 1.05 bits per heavy atom. The maximum absolute atomic E-state index is 13.3. The zero-order valence-corrected chi connectivity index (χ0v) is 12.9. The van der Waals surface area contributed by atoms with E-state index in [-0.39, 0.29) is 11.5 Å². The van der Waals surface area contributed by atoms with E-state index in [9.17, 15) is 8.78 Å². The van der Waals surface area contributed by atoms with Gasteiger partial charge in [0.05, 0.1) is 17.1 Å². The topological polar surface area (TPSA) is 62.9 Å². The van der Waals surface area contributed by atoms with E-state index >= 15 is 0 Å². The summed E-state index contributed by atoms with van der Waals surface area (Å²) in [6.45, 7) is 7.57. The smallest absolute Gasteiger partial charge is 0.402 e. The number of para-hydroxylation sites is 1. The molecular weight excluding hydrogens is 295 g/mol. The number of benzene rings is 1. The van der Waals surface area contributed by atoms with Crippen LogP contribution in [0.25, 0.3) is 0 Å². The van der Waals surface area contributed by atoms with Crippen molar-refractivity contribution >= 4 is 7.12 Å². The third kappa shape index (κ3) is 2.35. The molecule has 1 aromatic carbocycles. The molecular formula is C14H18BF2NO4. The molecule has 1 fully saturated rings. The summed E-state index contributed by atoms with van der Waals surface area (Å²) in [6, 6.07) is 4.57. The van der Waals surface area contributed by atoms with Gasteiger partial charge in [-0.05, 0) is 33.8 Å². The molecule has 0 bridgehead atoms. The van der Waals surface area contributed by atoms with Gasteiger partial charge >= 0.3 is 13.4 Å². The van der Waals surface area contributed by atoms with E-state index in [1.54, 1.807) is 12.1 Å². The third-order valence-electron chi connectivity index (χ3n) is 4.38. The lowest BCUT2D eigenvalue weighted by Gasteiger charge is -2.32. The Hall–Kier alpha value is -1.38. The minimum Gasteiger partial charge on any atom is -0.402 e. The van der Waals surface area contributed by atoms with Crippen molar-refractivity contribution in [1.29, 1.82) is 0 Å². The Labute approximate surface area is 127 Å². The lowest BCUT2D eigenvalue weighted by molar-refractivity contribution is -0.287. The third-order valence-corrected chi connectivity index (χ3v) is 4.38. The Balaban J connectivity index is 1.90. The average Bonchev–Trinajstić information content (AvgIpc) is 2.79. The first kappa shape index (κ1) is 15.5. The monoisotopic (exact) mass is 313 g/mol. The summed E-state index contributed by atoms with van der Waals surface area (Å²) in [5.41, 5.74) is 5.41. The molecule has 2 aliphatic rings. The van der Waals surface area contributed by atoms with E-state index in [4.69, 9.17) is 15.0 Å². The van der Waals surface area contributed by atoms with Gasteiger partial charge in [-0.1, -0.05) is 12.1 Å². The summed E-state index contributed by atoms with van der Waals surface area (Å²) in [6.07, 6.45) is -3.69. The highest BCUT2D eigenvalue weighted by Crippen LogP contribution is 2.47. The van der Waals surface area contributed by atoms with Crippen molar-refractivity contribution in [3.8, 4) is 11.5 Å². The van der Waals surface area contributed by atoms with E-state index in [1.165, 1.54) is 6.07 Å². The second-order valence-electron chi connectivity index (χ2n) is 6.49. The first-order valence-corrected chi connectivity index (χ1v) is 7.02. The van der Waals surface area contributed by atoms with Crippen molar-refractivity contribution in [2.24, 2.45) is 5.73 Å². The number of alkyl halides is 2. The molecule has 1 atom stereocenters. The molecule has 5 nitrogen and oxygen atoms in total. The van der Waals surface area contributed by atoms with Gasteiger partial charge in [-0.3, -0.25) is 0 Å². The highest BCUT2D eigenvalue weighted by atomic mass is 19.3. The van der Waals surface area contributed by atoms with E-state index in [0.29, 0.717) is 5.56 Å². The second kappa shape index (κ2) is 4.56. The van der Waals surface area contributed by atoms with Crippen LogP contribution in [0.15, 0.2) is 18.2 Å². The van der Waals surface area contributed by atoms with E-state index in [1.807, 2.05) is 27.7 Å². The molecule has 120 valence electrons. The number of fused-ring (bicyclic) bond motifs is 1. The fraction of sp³-hybridized carbons (Fsp3) is 0.571. The van der Waals surface area contributed by atoms with Crippen LogP contribution >= 0.6 is 0 Å². The quantitative estimate of drug-likeness (QED) is 0.851. The zero-order chi connectivity index (χ0) is 16.3. The highest BCUT2D eigenvalue weighted by molar-refractivity contribution is 6.47. The molecule has 0 saturated carbocycles. The first-order valence-electron chi connectivity index (χ1n) is 7.02. The summed E-state index contributed by atoms with van der Waals surface area (Å²) < 4.78 is 47.2. The maximum Gasteiger partial charge on any atom is 0.586 e. The van der Waals surface area contributed by atoms with Gasteiger partial charge < -0.3 is 24.5 Å². The predicted molar refractivity (Wildman–Crippen MR) is 75.7 cm³/mol. The summed E-state index contributed by atoms with van der Waals surface area (Å²) in [5, 5.41) is 0. The Morgan fingerprint density at radius 2 is 1.64 bits per heavy atom. The number of halogens is 2. The molecule has 0 amide bonds. The van der Waals surface area contributed by atoms with Crippen LogP contribution in [0, 0.1) is 0 Å². The minimum absolute atomic E-state index is 0.0468. The molecule has 0 aromatic heterocycles. The van der Waals surface area contributed by atoms with E-state index < -0.39 is 30.6 Å². The molecule has 8 heteroatoms. The van der Waals surface area contributed by atoms with Gasteiger partial charge in [0.15, 0.2) is 11.5 Å². The molecule has 3 rings (SSSR count). The van der Waals surface area contributed by atoms with Crippen molar-refractivity contribution < 1.29 is 27.6 Å². The minimum atomic E-state index is -3.69.